The molecule has 3 nitrogen and oxygen atoms in total. The van der Waals surface area contributed by atoms with E-state index in [0.717, 1.165) is 11.4 Å². The second kappa shape index (κ2) is 9.06. The van der Waals surface area contributed by atoms with Crippen molar-refractivity contribution in [1.29, 1.82) is 0 Å². The Morgan fingerprint density at radius 1 is 0.512 bits per heavy atom. The first kappa shape index (κ1) is 23.3. The molecule has 6 heteroatoms. The van der Waals surface area contributed by atoms with Crippen molar-refractivity contribution in [3.05, 3.63) is 134 Å². The van der Waals surface area contributed by atoms with Gasteiger partial charge in [0.25, 0.3) is 0 Å². The average molecular weight is 560 g/mol. The lowest BCUT2D eigenvalue weighted by Crippen LogP contribution is -2.60. The predicted molar refractivity (Wildman–Crippen MR) is 173 cm³/mol. The molecule has 0 saturated carbocycles. The summed E-state index contributed by atoms with van der Waals surface area (Å²) in [6.07, 6.45) is 3.79. The number of para-hydroxylation sites is 3. The lowest BCUT2D eigenvalue weighted by atomic mass is 9.35. The van der Waals surface area contributed by atoms with Crippen LogP contribution < -0.4 is 26.2 Å². The smallest absolute Gasteiger partial charge is 0.249 e. The maximum atomic E-state index is 4.37. The summed E-state index contributed by atoms with van der Waals surface area (Å²) in [5.41, 5.74) is 11.3. The van der Waals surface area contributed by atoms with Crippen LogP contribution in [0, 0.1) is 0 Å². The monoisotopic (exact) mass is 559 g/mol. The fourth-order valence-corrected chi connectivity index (χ4v) is 8.89. The quantitative estimate of drug-likeness (QED) is 0.201. The van der Waals surface area contributed by atoms with Crippen LogP contribution >= 0.6 is 23.5 Å². The third-order valence-electron chi connectivity index (χ3n) is 8.18. The fraction of sp³-hybridized carbons (Fsp3) is 0. The van der Waals surface area contributed by atoms with Crippen molar-refractivity contribution in [3.63, 3.8) is 0 Å². The van der Waals surface area contributed by atoms with E-state index in [1.807, 2.05) is 35.9 Å². The van der Waals surface area contributed by atoms with Gasteiger partial charge in [0.1, 0.15) is 0 Å². The molecule has 0 N–H and O–H groups in total. The van der Waals surface area contributed by atoms with Gasteiger partial charge in [-0.3, -0.25) is 4.98 Å². The lowest BCUT2D eigenvalue weighted by Gasteiger charge is -2.44. The summed E-state index contributed by atoms with van der Waals surface area (Å²) < 4.78 is 0. The molecule has 41 heavy (non-hydrogen) atoms. The van der Waals surface area contributed by atoms with Gasteiger partial charge in [0.15, 0.2) is 0 Å². The van der Waals surface area contributed by atoms with Crippen molar-refractivity contribution >= 4 is 80.7 Å². The first-order chi connectivity index (χ1) is 20.4. The molecule has 1 aromatic heterocycles. The van der Waals surface area contributed by atoms with Crippen LogP contribution in [0.15, 0.2) is 153 Å². The standard InChI is InChI=1S/C35H22BN3S2/c1-2-10-23(11-3-1)38-28-15-7-9-17-31(28)41-35-29(38)22-32-33-34(35)39(24-18-20-37-21-19-24)27-14-6-4-12-25(27)36(33)26-13-5-8-16-30(26)40-32/h1-22H. The summed E-state index contributed by atoms with van der Waals surface area (Å²) in [5, 5.41) is 0. The summed E-state index contributed by atoms with van der Waals surface area (Å²) in [4.78, 5) is 14.5. The first-order valence-corrected chi connectivity index (χ1v) is 15.4. The summed E-state index contributed by atoms with van der Waals surface area (Å²) in [6.45, 7) is 0.167. The number of benzene rings is 5. The Morgan fingerprint density at radius 3 is 2.00 bits per heavy atom. The first-order valence-electron chi connectivity index (χ1n) is 13.8. The minimum absolute atomic E-state index is 0.167. The van der Waals surface area contributed by atoms with Gasteiger partial charge in [0.2, 0.25) is 6.71 Å². The molecule has 0 unspecified atom stereocenters. The van der Waals surface area contributed by atoms with Gasteiger partial charge in [-0.15, -0.1) is 0 Å². The van der Waals surface area contributed by atoms with Gasteiger partial charge in [-0.05, 0) is 65.5 Å². The van der Waals surface area contributed by atoms with Crippen molar-refractivity contribution < 1.29 is 0 Å². The minimum atomic E-state index is 0.167. The average Bonchev–Trinajstić information content (AvgIpc) is 3.04. The maximum absolute atomic E-state index is 4.37. The van der Waals surface area contributed by atoms with Crippen LogP contribution in [-0.4, -0.2) is 11.7 Å². The van der Waals surface area contributed by atoms with E-state index in [9.17, 15) is 0 Å². The van der Waals surface area contributed by atoms with Gasteiger partial charge in [0, 0.05) is 44.1 Å². The Balaban J connectivity index is 1.42. The molecule has 0 saturated heterocycles. The normalized spacial score (nSPS) is 14.0. The van der Waals surface area contributed by atoms with Crippen molar-refractivity contribution in [2.75, 3.05) is 9.80 Å². The van der Waals surface area contributed by atoms with Crippen molar-refractivity contribution in [1.82, 2.24) is 4.98 Å². The summed E-state index contributed by atoms with van der Waals surface area (Å²) >= 11 is 3.79. The number of fused-ring (bicyclic) bond motifs is 7. The van der Waals surface area contributed by atoms with Crippen LogP contribution in [0.2, 0.25) is 0 Å². The number of hydrogen-bond donors (Lipinski definition) is 0. The number of nitrogens with zero attached hydrogens (tertiary/aromatic N) is 3. The van der Waals surface area contributed by atoms with Gasteiger partial charge in [-0.25, -0.2) is 0 Å². The Kier molecular flexibility index (Phi) is 5.16. The van der Waals surface area contributed by atoms with Gasteiger partial charge in [0.05, 0.1) is 22.0 Å². The number of hydrogen-bond acceptors (Lipinski definition) is 5. The topological polar surface area (TPSA) is 19.4 Å². The summed E-state index contributed by atoms with van der Waals surface area (Å²) in [5.74, 6) is 0. The molecule has 4 heterocycles. The van der Waals surface area contributed by atoms with E-state index in [4.69, 9.17) is 0 Å². The molecule has 9 rings (SSSR count). The Bertz CT molecular complexity index is 1980. The Labute approximate surface area is 248 Å². The zero-order valence-corrected chi connectivity index (χ0v) is 23.6. The van der Waals surface area contributed by atoms with Crippen LogP contribution in [0.3, 0.4) is 0 Å². The molecule has 0 amide bonds. The third kappa shape index (κ3) is 3.41. The van der Waals surface area contributed by atoms with Gasteiger partial charge in [-0.2, -0.15) is 0 Å². The van der Waals surface area contributed by atoms with Crippen LogP contribution in [0.1, 0.15) is 0 Å². The highest BCUT2D eigenvalue weighted by Crippen LogP contribution is 2.57. The van der Waals surface area contributed by atoms with E-state index in [1.54, 1.807) is 0 Å². The summed E-state index contributed by atoms with van der Waals surface area (Å²) in [6, 6.07) is 44.1. The number of anilines is 6. The summed E-state index contributed by atoms with van der Waals surface area (Å²) in [7, 11) is 0. The Hall–Kier alpha value is -4.39. The molecule has 0 bridgehead atoms. The molecule has 192 valence electrons. The largest absolute Gasteiger partial charge is 0.310 e. The van der Waals surface area contributed by atoms with Gasteiger partial charge >= 0.3 is 0 Å². The lowest BCUT2D eigenvalue weighted by molar-refractivity contribution is 1.12. The van der Waals surface area contributed by atoms with E-state index in [0.29, 0.717) is 0 Å². The van der Waals surface area contributed by atoms with Gasteiger partial charge < -0.3 is 9.80 Å². The molecule has 0 atom stereocenters. The SMILES string of the molecule is c1ccc(N2c3ccccc3Sc3c2cc2c4c3N(c3ccncc3)c3ccccc3B4c3ccccc3S2)cc1. The Morgan fingerprint density at radius 2 is 1.17 bits per heavy atom. The highest BCUT2D eigenvalue weighted by molar-refractivity contribution is 8.00. The molecular weight excluding hydrogens is 537 g/mol. The van der Waals surface area contributed by atoms with Crippen LogP contribution in [0.5, 0.6) is 0 Å². The predicted octanol–water partition coefficient (Wildman–Crippen LogP) is 7.78. The maximum Gasteiger partial charge on any atom is 0.249 e. The number of rotatable bonds is 2. The molecule has 5 aromatic carbocycles. The minimum Gasteiger partial charge on any atom is -0.310 e. The van der Waals surface area contributed by atoms with Crippen LogP contribution in [0.25, 0.3) is 0 Å². The van der Waals surface area contributed by atoms with E-state index < -0.39 is 0 Å². The molecular formula is C35H22BN3S2. The molecule has 3 aliphatic heterocycles. The highest BCUT2D eigenvalue weighted by atomic mass is 32.2. The van der Waals surface area contributed by atoms with E-state index in [2.05, 4.69) is 136 Å². The second-order valence-electron chi connectivity index (χ2n) is 10.4. The number of pyridine rings is 1. The zero-order valence-electron chi connectivity index (χ0n) is 21.9. The molecule has 0 fully saturated rings. The highest BCUT2D eigenvalue weighted by Gasteiger charge is 2.44. The molecule has 6 aromatic rings. The van der Waals surface area contributed by atoms with E-state index >= 15 is 0 Å². The fourth-order valence-electron chi connectivity index (χ4n) is 6.53. The van der Waals surface area contributed by atoms with E-state index in [1.165, 1.54) is 58.7 Å². The second-order valence-corrected chi connectivity index (χ2v) is 12.5. The number of aromatic nitrogens is 1. The molecule has 0 radical (unpaired) electrons. The van der Waals surface area contributed by atoms with Crippen LogP contribution in [-0.2, 0) is 0 Å². The third-order valence-corrected chi connectivity index (χ3v) is 10.5. The molecule has 0 aliphatic carbocycles. The molecule has 3 aliphatic rings. The van der Waals surface area contributed by atoms with Crippen molar-refractivity contribution in [2.45, 2.75) is 19.6 Å². The van der Waals surface area contributed by atoms with E-state index in [-0.39, 0.29) is 6.71 Å². The van der Waals surface area contributed by atoms with Crippen molar-refractivity contribution in [2.24, 2.45) is 0 Å². The van der Waals surface area contributed by atoms with Gasteiger partial charge in [-0.1, -0.05) is 95.7 Å². The van der Waals surface area contributed by atoms with Crippen molar-refractivity contribution in [3.8, 4) is 0 Å². The van der Waals surface area contributed by atoms with Crippen LogP contribution in [0.4, 0.5) is 34.1 Å². The zero-order chi connectivity index (χ0) is 26.9. The molecule has 0 spiro atoms.